The summed E-state index contributed by atoms with van der Waals surface area (Å²) in [6.07, 6.45) is 7.11. The summed E-state index contributed by atoms with van der Waals surface area (Å²) in [5.74, 6) is 3.48. The maximum atomic E-state index is 6.48. The Morgan fingerprint density at radius 3 is 2.30 bits per heavy atom. The number of halogens is 1. The van der Waals surface area contributed by atoms with Crippen LogP contribution in [0.3, 0.4) is 0 Å². The fourth-order valence-electron chi connectivity index (χ4n) is 8.41. The molecule has 30 heavy (non-hydrogen) atoms. The average Bonchev–Trinajstić information content (AvgIpc) is 3.25. The van der Waals surface area contributed by atoms with E-state index < -0.39 is 0 Å². The second-order valence-electron chi connectivity index (χ2n) is 10.3. The van der Waals surface area contributed by atoms with Crippen LogP contribution in [0.25, 0.3) is 33.1 Å². The van der Waals surface area contributed by atoms with Gasteiger partial charge in [0, 0.05) is 16.2 Å². The molecule has 148 valence electrons. The number of hydrogen-bond acceptors (Lipinski definition) is 1. The zero-order chi connectivity index (χ0) is 19.6. The minimum absolute atomic E-state index is 0.191. The van der Waals surface area contributed by atoms with Crippen LogP contribution in [0.2, 0.25) is 5.02 Å². The van der Waals surface area contributed by atoms with E-state index in [4.69, 9.17) is 16.0 Å². The lowest BCUT2D eigenvalue weighted by molar-refractivity contribution is -0.0399. The topological polar surface area (TPSA) is 13.1 Å². The van der Waals surface area contributed by atoms with Gasteiger partial charge in [-0.25, -0.2) is 0 Å². The van der Waals surface area contributed by atoms with Crippen LogP contribution < -0.4 is 0 Å². The number of hydrogen-bond donors (Lipinski definition) is 0. The average molecular weight is 411 g/mol. The quantitative estimate of drug-likeness (QED) is 0.286. The predicted molar refractivity (Wildman–Crippen MR) is 122 cm³/mol. The molecule has 4 saturated carbocycles. The van der Waals surface area contributed by atoms with Gasteiger partial charge < -0.3 is 4.42 Å². The van der Waals surface area contributed by atoms with Gasteiger partial charge in [0.2, 0.25) is 0 Å². The first-order valence-electron chi connectivity index (χ1n) is 11.5. The highest BCUT2D eigenvalue weighted by Crippen LogP contribution is 2.69. The summed E-state index contributed by atoms with van der Waals surface area (Å²) in [5, 5.41) is 3.03. The molecule has 0 N–H and O–H groups in total. The predicted octanol–water partition coefficient (Wildman–Crippen LogP) is 7.96. The van der Waals surface area contributed by atoms with Gasteiger partial charge in [0.25, 0.3) is 0 Å². The molecule has 2 heteroatoms. The van der Waals surface area contributed by atoms with Crippen LogP contribution in [0.15, 0.2) is 59.0 Å². The first kappa shape index (κ1) is 16.4. The van der Waals surface area contributed by atoms with Gasteiger partial charge in [0.1, 0.15) is 5.58 Å². The molecule has 1 aromatic heterocycles. The Hall–Kier alpha value is -2.25. The molecule has 0 saturated heterocycles. The maximum absolute atomic E-state index is 6.48. The normalized spacial score (nSPS) is 33.0. The molecule has 3 aromatic carbocycles. The van der Waals surface area contributed by atoms with Crippen LogP contribution in [0, 0.1) is 23.7 Å². The van der Waals surface area contributed by atoms with Gasteiger partial charge in [-0.1, -0.05) is 48.0 Å². The van der Waals surface area contributed by atoms with Crippen molar-refractivity contribution in [3.05, 3.63) is 70.7 Å². The summed E-state index contributed by atoms with van der Waals surface area (Å²) >= 11 is 6.48. The minimum Gasteiger partial charge on any atom is -0.454 e. The molecule has 5 aliphatic rings. The Morgan fingerprint density at radius 2 is 1.50 bits per heavy atom. The lowest BCUT2D eigenvalue weighted by Gasteiger charge is -2.61. The molecule has 5 aliphatic carbocycles. The molecule has 1 heterocycles. The van der Waals surface area contributed by atoms with Crippen LogP contribution in [0.4, 0.5) is 0 Å². The van der Waals surface area contributed by atoms with E-state index in [-0.39, 0.29) is 5.41 Å². The van der Waals surface area contributed by atoms with E-state index in [1.807, 2.05) is 12.1 Å². The molecule has 0 unspecified atom stereocenters. The molecule has 4 bridgehead atoms. The third-order valence-corrected chi connectivity index (χ3v) is 9.42. The molecule has 4 fully saturated rings. The summed E-state index contributed by atoms with van der Waals surface area (Å²) in [6.45, 7) is 0. The minimum atomic E-state index is 0.191. The summed E-state index contributed by atoms with van der Waals surface area (Å²) in [5.41, 5.74) is 8.05. The third kappa shape index (κ3) is 1.76. The first-order chi connectivity index (χ1) is 14.7. The largest absolute Gasteiger partial charge is 0.454 e. The Bertz CT molecular complexity index is 1350. The summed E-state index contributed by atoms with van der Waals surface area (Å²) in [4.78, 5) is 0. The molecular weight excluding hydrogens is 388 g/mol. The number of para-hydroxylation sites is 1. The van der Waals surface area contributed by atoms with E-state index in [1.165, 1.54) is 48.6 Å². The van der Waals surface area contributed by atoms with Crippen molar-refractivity contribution in [2.75, 3.05) is 0 Å². The van der Waals surface area contributed by atoms with Crippen molar-refractivity contribution in [1.29, 1.82) is 0 Å². The van der Waals surface area contributed by atoms with Crippen LogP contribution in [0.1, 0.15) is 43.2 Å². The molecule has 0 atom stereocenters. The molecule has 4 aromatic rings. The lowest BCUT2D eigenvalue weighted by atomic mass is 9.43. The molecule has 9 rings (SSSR count). The summed E-state index contributed by atoms with van der Waals surface area (Å²) < 4.78 is 6.36. The van der Waals surface area contributed by atoms with Crippen molar-refractivity contribution in [2.24, 2.45) is 23.7 Å². The first-order valence-corrected chi connectivity index (χ1v) is 11.9. The van der Waals surface area contributed by atoms with E-state index in [2.05, 4.69) is 42.5 Å². The van der Waals surface area contributed by atoms with Crippen LogP contribution in [-0.4, -0.2) is 0 Å². The second kappa shape index (κ2) is 5.32. The van der Waals surface area contributed by atoms with Gasteiger partial charge in [-0.05, 0) is 96.2 Å². The SMILES string of the molecule is Clc1cccc2c1oc1cc3c(cc12)-c1ccccc1C31C2CC3CC(C2)CC1C3. The summed E-state index contributed by atoms with van der Waals surface area (Å²) in [6, 6.07) is 20.2. The van der Waals surface area contributed by atoms with E-state index in [0.29, 0.717) is 5.02 Å². The number of furan rings is 1. The van der Waals surface area contributed by atoms with Gasteiger partial charge in [-0.15, -0.1) is 0 Å². The van der Waals surface area contributed by atoms with Gasteiger partial charge in [-0.2, -0.15) is 0 Å². The molecule has 0 aliphatic heterocycles. The van der Waals surface area contributed by atoms with Crippen LogP contribution in [-0.2, 0) is 5.41 Å². The van der Waals surface area contributed by atoms with Gasteiger partial charge in [0.05, 0.1) is 5.02 Å². The van der Waals surface area contributed by atoms with Crippen molar-refractivity contribution in [3.63, 3.8) is 0 Å². The number of benzene rings is 3. The van der Waals surface area contributed by atoms with E-state index in [9.17, 15) is 0 Å². The highest BCUT2D eigenvalue weighted by molar-refractivity contribution is 6.35. The van der Waals surface area contributed by atoms with Crippen molar-refractivity contribution in [3.8, 4) is 11.1 Å². The Morgan fingerprint density at radius 1 is 0.733 bits per heavy atom. The lowest BCUT2D eigenvalue weighted by Crippen LogP contribution is -2.55. The second-order valence-corrected chi connectivity index (χ2v) is 10.7. The highest BCUT2D eigenvalue weighted by atomic mass is 35.5. The van der Waals surface area contributed by atoms with E-state index in [1.54, 1.807) is 11.1 Å². The monoisotopic (exact) mass is 410 g/mol. The Kier molecular flexibility index (Phi) is 2.92. The van der Waals surface area contributed by atoms with Gasteiger partial charge in [0.15, 0.2) is 5.58 Å². The fraction of sp³-hybridized carbons (Fsp3) is 0.357. The molecule has 0 radical (unpaired) electrons. The van der Waals surface area contributed by atoms with Gasteiger partial charge in [-0.3, -0.25) is 0 Å². The molecule has 1 nitrogen and oxygen atoms in total. The maximum Gasteiger partial charge on any atom is 0.153 e. The van der Waals surface area contributed by atoms with Gasteiger partial charge >= 0.3 is 0 Å². The standard InChI is InChI=1S/C28H23ClO/c29-25-7-3-5-20-22-13-21-19-4-1-2-6-23(19)28(24(21)14-26(22)30-27(20)25)17-9-15-8-16(11-17)12-18(28)10-15/h1-7,13-18H,8-12H2. The number of fused-ring (bicyclic) bond motifs is 6. The van der Waals surface area contributed by atoms with E-state index in [0.717, 1.165) is 40.2 Å². The Labute approximate surface area is 181 Å². The van der Waals surface area contributed by atoms with Crippen molar-refractivity contribution in [1.82, 2.24) is 0 Å². The smallest absolute Gasteiger partial charge is 0.153 e. The third-order valence-electron chi connectivity index (χ3n) is 9.12. The molecule has 0 amide bonds. The van der Waals surface area contributed by atoms with Crippen molar-refractivity contribution < 1.29 is 4.42 Å². The molecule has 1 spiro atoms. The van der Waals surface area contributed by atoms with Crippen LogP contribution in [0.5, 0.6) is 0 Å². The Balaban J connectivity index is 1.49. The van der Waals surface area contributed by atoms with Crippen molar-refractivity contribution in [2.45, 2.75) is 37.5 Å². The fourth-order valence-corrected chi connectivity index (χ4v) is 8.62. The highest BCUT2D eigenvalue weighted by Gasteiger charge is 2.61. The molecular formula is C28H23ClO. The summed E-state index contributed by atoms with van der Waals surface area (Å²) in [7, 11) is 0. The number of rotatable bonds is 0. The zero-order valence-corrected chi connectivity index (χ0v) is 17.6. The van der Waals surface area contributed by atoms with Crippen molar-refractivity contribution >= 4 is 33.5 Å². The van der Waals surface area contributed by atoms with E-state index >= 15 is 0 Å². The zero-order valence-electron chi connectivity index (χ0n) is 16.8. The van der Waals surface area contributed by atoms with Crippen LogP contribution >= 0.6 is 11.6 Å².